The second kappa shape index (κ2) is 4.93. The molecule has 1 aliphatic rings. The summed E-state index contributed by atoms with van der Waals surface area (Å²) >= 11 is 0. The van der Waals surface area contributed by atoms with Gasteiger partial charge in [0.2, 0.25) is 0 Å². The number of hydrogen-bond acceptors (Lipinski definition) is 3. The Balaban J connectivity index is 2.02. The lowest BCUT2D eigenvalue weighted by atomic mass is 10.1. The van der Waals surface area contributed by atoms with Crippen molar-refractivity contribution in [2.24, 2.45) is 0 Å². The third kappa shape index (κ3) is 3.61. The van der Waals surface area contributed by atoms with Gasteiger partial charge in [-0.15, -0.1) is 13.2 Å². The molecule has 1 atom stereocenters. The van der Waals surface area contributed by atoms with Crippen LogP contribution >= 0.6 is 0 Å². The van der Waals surface area contributed by atoms with Crippen LogP contribution in [0.5, 0.6) is 5.75 Å². The zero-order chi connectivity index (χ0) is 12.3. The Morgan fingerprint density at radius 2 is 1.94 bits per heavy atom. The summed E-state index contributed by atoms with van der Waals surface area (Å²) in [5, 5.41) is 3.15. The first kappa shape index (κ1) is 12.2. The van der Waals surface area contributed by atoms with E-state index in [0.717, 1.165) is 12.1 Å². The topological polar surface area (TPSA) is 30.5 Å². The van der Waals surface area contributed by atoms with Gasteiger partial charge in [0, 0.05) is 13.1 Å². The van der Waals surface area contributed by atoms with Crippen LogP contribution in [-0.4, -0.2) is 26.1 Å². The van der Waals surface area contributed by atoms with Gasteiger partial charge in [-0.05, 0) is 17.7 Å². The summed E-state index contributed by atoms with van der Waals surface area (Å²) in [5.74, 6) is -0.218. The third-order valence-corrected chi connectivity index (χ3v) is 2.41. The van der Waals surface area contributed by atoms with Crippen LogP contribution in [0.1, 0.15) is 11.7 Å². The van der Waals surface area contributed by atoms with Gasteiger partial charge >= 0.3 is 6.36 Å². The van der Waals surface area contributed by atoms with Gasteiger partial charge < -0.3 is 14.8 Å². The molecule has 17 heavy (non-hydrogen) atoms. The third-order valence-electron chi connectivity index (χ3n) is 2.41. The molecule has 0 unspecified atom stereocenters. The van der Waals surface area contributed by atoms with Gasteiger partial charge in [-0.2, -0.15) is 0 Å². The molecule has 1 aromatic carbocycles. The van der Waals surface area contributed by atoms with Crippen LogP contribution in [-0.2, 0) is 4.74 Å². The first-order valence-corrected chi connectivity index (χ1v) is 5.22. The minimum Gasteiger partial charge on any atom is -0.406 e. The number of rotatable bonds is 2. The molecule has 2 rings (SSSR count). The molecule has 6 heteroatoms. The minimum absolute atomic E-state index is 0.108. The van der Waals surface area contributed by atoms with Crippen molar-refractivity contribution in [1.82, 2.24) is 5.32 Å². The molecule has 0 aromatic heterocycles. The first-order chi connectivity index (χ1) is 8.04. The van der Waals surface area contributed by atoms with E-state index in [1.54, 1.807) is 12.1 Å². The SMILES string of the molecule is FC(F)(F)Oc1ccc([C@H]2CNCCO2)cc1. The van der Waals surface area contributed by atoms with E-state index in [4.69, 9.17) is 4.74 Å². The molecular weight excluding hydrogens is 235 g/mol. The Morgan fingerprint density at radius 1 is 1.24 bits per heavy atom. The second-order valence-electron chi connectivity index (χ2n) is 3.68. The van der Waals surface area contributed by atoms with Crippen molar-refractivity contribution in [3.8, 4) is 5.75 Å². The predicted molar refractivity (Wildman–Crippen MR) is 54.7 cm³/mol. The lowest BCUT2D eigenvalue weighted by molar-refractivity contribution is -0.274. The minimum atomic E-state index is -4.65. The predicted octanol–water partition coefficient (Wildman–Crippen LogP) is 2.25. The molecule has 1 fully saturated rings. The fraction of sp³-hybridized carbons (Fsp3) is 0.455. The van der Waals surface area contributed by atoms with Crippen molar-refractivity contribution < 1.29 is 22.6 Å². The molecule has 1 heterocycles. The molecular formula is C11H12F3NO2. The van der Waals surface area contributed by atoms with Crippen molar-refractivity contribution in [2.45, 2.75) is 12.5 Å². The zero-order valence-electron chi connectivity index (χ0n) is 8.96. The van der Waals surface area contributed by atoms with Gasteiger partial charge in [-0.1, -0.05) is 12.1 Å². The fourth-order valence-electron chi connectivity index (χ4n) is 1.66. The van der Waals surface area contributed by atoms with Gasteiger partial charge in [0.05, 0.1) is 12.7 Å². The average molecular weight is 247 g/mol. The van der Waals surface area contributed by atoms with Crippen LogP contribution in [0.25, 0.3) is 0 Å². The molecule has 0 bridgehead atoms. The lowest BCUT2D eigenvalue weighted by Gasteiger charge is -2.24. The van der Waals surface area contributed by atoms with Crippen LogP contribution < -0.4 is 10.1 Å². The van der Waals surface area contributed by atoms with E-state index in [9.17, 15) is 13.2 Å². The molecule has 3 nitrogen and oxygen atoms in total. The van der Waals surface area contributed by atoms with Gasteiger partial charge in [0.25, 0.3) is 0 Å². The Bertz CT molecular complexity index is 358. The molecule has 1 aromatic rings. The van der Waals surface area contributed by atoms with Crippen LogP contribution in [0.15, 0.2) is 24.3 Å². The summed E-state index contributed by atoms with van der Waals surface area (Å²) < 4.78 is 45.1. The second-order valence-corrected chi connectivity index (χ2v) is 3.68. The molecule has 0 aliphatic carbocycles. The van der Waals surface area contributed by atoms with E-state index in [2.05, 4.69) is 10.1 Å². The van der Waals surface area contributed by atoms with Crippen LogP contribution in [0.3, 0.4) is 0 Å². The number of hydrogen-bond donors (Lipinski definition) is 1. The number of morpholine rings is 1. The Labute approximate surface area is 96.5 Å². The highest BCUT2D eigenvalue weighted by Crippen LogP contribution is 2.25. The summed E-state index contributed by atoms with van der Waals surface area (Å²) in [5.41, 5.74) is 0.840. The molecule has 1 aliphatic heterocycles. The summed E-state index contributed by atoms with van der Waals surface area (Å²) in [6.45, 7) is 2.07. The maximum Gasteiger partial charge on any atom is 0.573 e. The molecule has 1 N–H and O–H groups in total. The van der Waals surface area contributed by atoms with Crippen LogP contribution in [0.2, 0.25) is 0 Å². The zero-order valence-corrected chi connectivity index (χ0v) is 8.96. The van der Waals surface area contributed by atoms with Gasteiger partial charge in [0.15, 0.2) is 0 Å². The standard InChI is InChI=1S/C11H12F3NO2/c12-11(13,14)17-9-3-1-8(2-4-9)10-7-15-5-6-16-10/h1-4,10,15H,5-7H2/t10-/m1/s1. The largest absolute Gasteiger partial charge is 0.573 e. The van der Waals surface area contributed by atoms with E-state index >= 15 is 0 Å². The number of nitrogens with one attached hydrogen (secondary N) is 1. The normalized spacial score (nSPS) is 21.2. The highest BCUT2D eigenvalue weighted by molar-refractivity contribution is 5.29. The monoisotopic (exact) mass is 247 g/mol. The Morgan fingerprint density at radius 3 is 2.47 bits per heavy atom. The summed E-state index contributed by atoms with van der Waals surface area (Å²) in [4.78, 5) is 0. The maximum absolute atomic E-state index is 11.9. The van der Waals surface area contributed by atoms with Crippen molar-refractivity contribution in [1.29, 1.82) is 0 Å². The highest BCUT2D eigenvalue weighted by Gasteiger charge is 2.31. The lowest BCUT2D eigenvalue weighted by Crippen LogP contribution is -2.33. The molecule has 0 saturated carbocycles. The number of alkyl halides is 3. The first-order valence-electron chi connectivity index (χ1n) is 5.22. The molecule has 0 radical (unpaired) electrons. The summed E-state index contributed by atoms with van der Waals surface area (Å²) in [6.07, 6.45) is -4.76. The van der Waals surface area contributed by atoms with E-state index in [-0.39, 0.29) is 11.9 Å². The Kier molecular flexibility index (Phi) is 3.54. The molecule has 1 saturated heterocycles. The van der Waals surface area contributed by atoms with Crippen LogP contribution in [0.4, 0.5) is 13.2 Å². The van der Waals surface area contributed by atoms with Gasteiger partial charge in [0.1, 0.15) is 5.75 Å². The van der Waals surface area contributed by atoms with E-state index in [1.807, 2.05) is 0 Å². The summed E-state index contributed by atoms with van der Waals surface area (Å²) in [6, 6.07) is 5.75. The fourth-order valence-corrected chi connectivity index (χ4v) is 1.66. The van der Waals surface area contributed by atoms with Crippen molar-refractivity contribution in [2.75, 3.05) is 19.7 Å². The maximum atomic E-state index is 11.9. The van der Waals surface area contributed by atoms with Crippen molar-refractivity contribution >= 4 is 0 Å². The van der Waals surface area contributed by atoms with E-state index in [0.29, 0.717) is 13.2 Å². The number of benzene rings is 1. The summed E-state index contributed by atoms with van der Waals surface area (Å²) in [7, 11) is 0. The molecule has 94 valence electrons. The average Bonchev–Trinajstić information content (AvgIpc) is 2.29. The number of halogens is 3. The van der Waals surface area contributed by atoms with Crippen molar-refractivity contribution in [3.63, 3.8) is 0 Å². The smallest absolute Gasteiger partial charge is 0.406 e. The highest BCUT2D eigenvalue weighted by atomic mass is 19.4. The van der Waals surface area contributed by atoms with Crippen molar-refractivity contribution in [3.05, 3.63) is 29.8 Å². The number of ether oxygens (including phenoxy) is 2. The van der Waals surface area contributed by atoms with Crippen LogP contribution in [0, 0.1) is 0 Å². The van der Waals surface area contributed by atoms with E-state index < -0.39 is 6.36 Å². The quantitative estimate of drug-likeness (QED) is 0.869. The molecule has 0 amide bonds. The molecule has 0 spiro atoms. The van der Waals surface area contributed by atoms with Gasteiger partial charge in [-0.25, -0.2) is 0 Å². The van der Waals surface area contributed by atoms with Gasteiger partial charge in [-0.3, -0.25) is 0 Å². The van der Waals surface area contributed by atoms with E-state index in [1.165, 1.54) is 12.1 Å². The Hall–Kier alpha value is -1.27.